The predicted octanol–water partition coefficient (Wildman–Crippen LogP) is 3.62. The van der Waals surface area contributed by atoms with Crippen molar-refractivity contribution in [2.24, 2.45) is 0 Å². The zero-order valence-electron chi connectivity index (χ0n) is 10.2. The number of carbonyl (C=O) groups is 1. The summed E-state index contributed by atoms with van der Waals surface area (Å²) >= 11 is 1.42. The summed E-state index contributed by atoms with van der Waals surface area (Å²) in [6, 6.07) is 6.13. The average Bonchev–Trinajstić information content (AvgIpc) is 2.28. The largest absolute Gasteiger partial charge is 0.296 e. The summed E-state index contributed by atoms with van der Waals surface area (Å²) in [6.07, 6.45) is 2.63. The van der Waals surface area contributed by atoms with Crippen LogP contribution in [0, 0.1) is 13.8 Å². The summed E-state index contributed by atoms with van der Waals surface area (Å²) in [5.41, 5.74) is 2.50. The van der Waals surface area contributed by atoms with Gasteiger partial charge in [0.2, 0.25) is 5.91 Å². The van der Waals surface area contributed by atoms with E-state index < -0.39 is 0 Å². The highest BCUT2D eigenvalue weighted by Gasteiger charge is 2.04. The lowest BCUT2D eigenvalue weighted by Gasteiger charge is -2.08. The number of carbonyl (C=O) groups excluding carboxylic acids is 1. The fourth-order valence-corrected chi connectivity index (χ4v) is 2.12. The summed E-state index contributed by atoms with van der Waals surface area (Å²) in [7, 11) is 0. The Bertz CT molecular complexity index is 363. The van der Waals surface area contributed by atoms with Gasteiger partial charge >= 0.3 is 0 Å². The topological polar surface area (TPSA) is 29.1 Å². The van der Waals surface area contributed by atoms with Crippen molar-refractivity contribution in [2.75, 3.05) is 0 Å². The maximum Gasteiger partial charge on any atom is 0.230 e. The normalized spacial score (nSPS) is 10.2. The molecular weight excluding hydrogens is 218 g/mol. The van der Waals surface area contributed by atoms with E-state index >= 15 is 0 Å². The van der Waals surface area contributed by atoms with E-state index in [4.69, 9.17) is 0 Å². The van der Waals surface area contributed by atoms with Crippen LogP contribution in [0.15, 0.2) is 23.1 Å². The Morgan fingerprint density at radius 3 is 2.81 bits per heavy atom. The molecule has 0 aliphatic rings. The number of aryl methyl sites for hydroxylation is 1. The molecule has 0 unspecified atom stereocenters. The van der Waals surface area contributed by atoms with Crippen LogP contribution < -0.4 is 4.72 Å². The van der Waals surface area contributed by atoms with E-state index in [1.807, 2.05) is 12.1 Å². The van der Waals surface area contributed by atoms with Crippen molar-refractivity contribution < 1.29 is 4.79 Å². The van der Waals surface area contributed by atoms with Crippen LogP contribution in [0.2, 0.25) is 0 Å². The second kappa shape index (κ2) is 6.59. The van der Waals surface area contributed by atoms with Crippen LogP contribution in [0.4, 0.5) is 0 Å². The molecule has 1 N–H and O–H groups in total. The third-order valence-electron chi connectivity index (χ3n) is 2.59. The second-order valence-corrected chi connectivity index (χ2v) is 4.78. The van der Waals surface area contributed by atoms with Gasteiger partial charge in [0.05, 0.1) is 0 Å². The van der Waals surface area contributed by atoms with Gasteiger partial charge in [0.15, 0.2) is 0 Å². The van der Waals surface area contributed by atoms with Crippen LogP contribution in [0.25, 0.3) is 0 Å². The lowest BCUT2D eigenvalue weighted by atomic mass is 10.1. The van der Waals surface area contributed by atoms with E-state index in [0.29, 0.717) is 6.42 Å². The Hall–Kier alpha value is -0.960. The molecule has 0 atom stereocenters. The van der Waals surface area contributed by atoms with Gasteiger partial charge in [-0.05, 0) is 49.4 Å². The molecule has 1 rings (SSSR count). The Morgan fingerprint density at radius 1 is 1.38 bits per heavy atom. The summed E-state index contributed by atoms with van der Waals surface area (Å²) < 4.78 is 2.88. The van der Waals surface area contributed by atoms with Gasteiger partial charge in [0, 0.05) is 11.3 Å². The van der Waals surface area contributed by atoms with Gasteiger partial charge in [0.25, 0.3) is 0 Å². The zero-order chi connectivity index (χ0) is 12.0. The third-order valence-corrected chi connectivity index (χ3v) is 3.58. The van der Waals surface area contributed by atoms with Gasteiger partial charge in [-0.2, -0.15) is 0 Å². The van der Waals surface area contributed by atoms with Crippen LogP contribution in [0.1, 0.15) is 37.3 Å². The maximum absolute atomic E-state index is 11.4. The number of unbranched alkanes of at least 4 members (excludes halogenated alkanes) is 1. The molecule has 1 amide bonds. The van der Waals surface area contributed by atoms with E-state index in [2.05, 4.69) is 31.6 Å². The monoisotopic (exact) mass is 237 g/mol. The van der Waals surface area contributed by atoms with Crippen molar-refractivity contribution in [3.05, 3.63) is 29.3 Å². The van der Waals surface area contributed by atoms with Crippen molar-refractivity contribution in [2.45, 2.75) is 44.9 Å². The minimum atomic E-state index is 0.118. The first-order valence-corrected chi connectivity index (χ1v) is 6.48. The summed E-state index contributed by atoms with van der Waals surface area (Å²) in [6.45, 7) is 6.25. The molecule has 0 aromatic heterocycles. The average molecular weight is 237 g/mol. The van der Waals surface area contributed by atoms with Gasteiger partial charge in [0.1, 0.15) is 0 Å². The molecule has 16 heavy (non-hydrogen) atoms. The fraction of sp³-hybridized carbons (Fsp3) is 0.462. The summed E-state index contributed by atoms with van der Waals surface area (Å²) in [5, 5.41) is 0. The van der Waals surface area contributed by atoms with Gasteiger partial charge in [-0.15, -0.1) is 0 Å². The smallest absolute Gasteiger partial charge is 0.230 e. The van der Waals surface area contributed by atoms with Gasteiger partial charge in [-0.3, -0.25) is 9.52 Å². The SMILES string of the molecule is CCCCC(=O)NSc1cccc(C)c1C. The second-order valence-electron chi connectivity index (χ2n) is 3.93. The van der Waals surface area contributed by atoms with Crippen molar-refractivity contribution in [3.63, 3.8) is 0 Å². The lowest BCUT2D eigenvalue weighted by Crippen LogP contribution is -2.15. The molecule has 1 aromatic rings. The lowest BCUT2D eigenvalue weighted by molar-refractivity contribution is -0.119. The predicted molar refractivity (Wildman–Crippen MR) is 69.4 cm³/mol. The Kier molecular flexibility index (Phi) is 5.39. The summed E-state index contributed by atoms with van der Waals surface area (Å²) in [5.74, 6) is 0.118. The Labute approximate surface area is 102 Å². The van der Waals surface area contributed by atoms with Gasteiger partial charge < -0.3 is 0 Å². The molecule has 0 saturated heterocycles. The molecule has 0 radical (unpaired) electrons. The van der Waals surface area contributed by atoms with Crippen LogP contribution in [0.3, 0.4) is 0 Å². The van der Waals surface area contributed by atoms with E-state index in [1.165, 1.54) is 23.1 Å². The third kappa shape index (κ3) is 3.89. The first-order chi connectivity index (χ1) is 7.65. The van der Waals surface area contributed by atoms with Crippen LogP contribution in [-0.2, 0) is 4.79 Å². The molecule has 1 aromatic carbocycles. The number of nitrogens with one attached hydrogen (secondary N) is 1. The van der Waals surface area contributed by atoms with E-state index in [-0.39, 0.29) is 5.91 Å². The number of hydrogen-bond donors (Lipinski definition) is 1. The molecule has 0 bridgehead atoms. The number of rotatable bonds is 5. The minimum Gasteiger partial charge on any atom is -0.296 e. The van der Waals surface area contributed by atoms with Crippen LogP contribution in [-0.4, -0.2) is 5.91 Å². The van der Waals surface area contributed by atoms with Crippen molar-refractivity contribution >= 4 is 17.9 Å². The fourth-order valence-electron chi connectivity index (χ4n) is 1.34. The van der Waals surface area contributed by atoms with Crippen LogP contribution >= 0.6 is 11.9 Å². The standard InChI is InChI=1S/C13H19NOS/c1-4-5-9-13(15)14-16-12-8-6-7-10(2)11(12)3/h6-8H,4-5,9H2,1-3H3,(H,14,15). The van der Waals surface area contributed by atoms with Crippen molar-refractivity contribution in [1.82, 2.24) is 4.72 Å². The van der Waals surface area contributed by atoms with Gasteiger partial charge in [-0.1, -0.05) is 25.5 Å². The molecule has 0 heterocycles. The van der Waals surface area contributed by atoms with Gasteiger partial charge in [-0.25, -0.2) is 0 Å². The molecule has 0 saturated carbocycles. The van der Waals surface area contributed by atoms with Crippen LogP contribution in [0.5, 0.6) is 0 Å². The molecule has 88 valence electrons. The Balaban J connectivity index is 2.48. The number of benzene rings is 1. The quantitative estimate of drug-likeness (QED) is 0.792. The highest BCUT2D eigenvalue weighted by Crippen LogP contribution is 2.22. The van der Waals surface area contributed by atoms with E-state index in [9.17, 15) is 4.79 Å². The zero-order valence-corrected chi connectivity index (χ0v) is 11.0. The van der Waals surface area contributed by atoms with Crippen molar-refractivity contribution in [3.8, 4) is 0 Å². The maximum atomic E-state index is 11.4. The highest BCUT2D eigenvalue weighted by atomic mass is 32.2. The molecular formula is C13H19NOS. The molecule has 2 nitrogen and oxygen atoms in total. The number of amides is 1. The van der Waals surface area contributed by atoms with E-state index in [1.54, 1.807) is 0 Å². The first kappa shape index (κ1) is 13.1. The van der Waals surface area contributed by atoms with E-state index in [0.717, 1.165) is 17.7 Å². The first-order valence-electron chi connectivity index (χ1n) is 5.67. The molecule has 0 aliphatic carbocycles. The number of hydrogen-bond acceptors (Lipinski definition) is 2. The van der Waals surface area contributed by atoms with Crippen molar-refractivity contribution in [1.29, 1.82) is 0 Å². The highest BCUT2D eigenvalue weighted by molar-refractivity contribution is 7.98. The molecule has 0 spiro atoms. The minimum absolute atomic E-state index is 0.118. The summed E-state index contributed by atoms with van der Waals surface area (Å²) in [4.78, 5) is 12.6. The molecule has 3 heteroatoms. The molecule has 0 aliphatic heterocycles. The molecule has 0 fully saturated rings. The Morgan fingerprint density at radius 2 is 2.12 bits per heavy atom.